The van der Waals surface area contributed by atoms with Gasteiger partial charge in [-0.2, -0.15) is 10.4 Å². The highest BCUT2D eigenvalue weighted by molar-refractivity contribution is 5.83. The van der Waals surface area contributed by atoms with Gasteiger partial charge in [0.25, 0.3) is 0 Å². The van der Waals surface area contributed by atoms with Crippen molar-refractivity contribution < 1.29 is 14.5 Å². The second-order valence-corrected chi connectivity index (χ2v) is 4.18. The summed E-state index contributed by atoms with van der Waals surface area (Å²) in [4.78, 5) is 29.5. The summed E-state index contributed by atoms with van der Waals surface area (Å²) in [6, 6.07) is 7.30. The summed E-state index contributed by atoms with van der Waals surface area (Å²) in [5.41, 5.74) is 6.62. The summed E-state index contributed by atoms with van der Waals surface area (Å²) in [6.45, 7) is 1.32. The number of aromatic amines is 1. The van der Waals surface area contributed by atoms with Crippen LogP contribution in [-0.4, -0.2) is 23.2 Å². The predicted octanol–water partition coefficient (Wildman–Crippen LogP) is 0.850. The van der Waals surface area contributed by atoms with Crippen molar-refractivity contribution in [3.63, 3.8) is 0 Å². The van der Waals surface area contributed by atoms with Crippen molar-refractivity contribution in [3.8, 4) is 0 Å². The van der Waals surface area contributed by atoms with Crippen LogP contribution < -0.4 is 11.0 Å². The van der Waals surface area contributed by atoms with Gasteiger partial charge in [-0.05, 0) is 18.1 Å². The molecule has 0 fully saturated rings. The molecule has 0 aliphatic rings. The van der Waals surface area contributed by atoms with Gasteiger partial charge in [0.05, 0.1) is 6.04 Å². The molecule has 0 saturated carbocycles. The molecule has 2 rings (SSSR count). The van der Waals surface area contributed by atoms with Crippen LogP contribution in [0, 0.1) is 0 Å². The van der Waals surface area contributed by atoms with Gasteiger partial charge in [-0.15, -0.1) is 0 Å². The topological polar surface area (TPSA) is 83.2 Å². The van der Waals surface area contributed by atoms with Crippen LogP contribution in [0.4, 0.5) is 0 Å². The van der Waals surface area contributed by atoms with Gasteiger partial charge in [-0.25, -0.2) is 5.48 Å². The van der Waals surface area contributed by atoms with Crippen molar-refractivity contribution in [2.75, 3.05) is 0 Å². The number of benzene rings is 1. The average Bonchev–Trinajstić information content (AvgIpc) is 2.80. The van der Waals surface area contributed by atoms with Crippen LogP contribution in [0.3, 0.4) is 0 Å². The molecule has 100 valence electrons. The molecule has 1 aromatic carbocycles. The maximum atomic E-state index is 11.0. The maximum absolute atomic E-state index is 11.0. The smallest absolute Gasteiger partial charge is 0.241 e. The SMILES string of the molecule is CC(=O)NON[C@H](C=O)Cc1c[nH]c2ccccc12. The molecule has 0 unspecified atom stereocenters. The molecule has 6 nitrogen and oxygen atoms in total. The molecule has 3 N–H and O–H groups in total. The quantitative estimate of drug-likeness (QED) is 0.532. The normalized spacial score (nSPS) is 12.3. The Labute approximate surface area is 110 Å². The first-order valence-corrected chi connectivity index (χ1v) is 5.89. The number of para-hydroxylation sites is 1. The van der Waals surface area contributed by atoms with Crippen LogP contribution in [0.25, 0.3) is 10.9 Å². The van der Waals surface area contributed by atoms with Gasteiger partial charge in [0, 0.05) is 24.0 Å². The fraction of sp³-hybridized carbons (Fsp3) is 0.231. The highest BCUT2D eigenvalue weighted by Crippen LogP contribution is 2.18. The largest absolute Gasteiger partial charge is 0.361 e. The lowest BCUT2D eigenvalue weighted by molar-refractivity contribution is -0.142. The lowest BCUT2D eigenvalue weighted by Crippen LogP contribution is -2.38. The zero-order valence-corrected chi connectivity index (χ0v) is 10.5. The Morgan fingerprint density at radius 3 is 3.00 bits per heavy atom. The van der Waals surface area contributed by atoms with Gasteiger partial charge < -0.3 is 9.78 Å². The van der Waals surface area contributed by atoms with E-state index in [0.29, 0.717) is 6.42 Å². The molecule has 0 saturated heterocycles. The highest BCUT2D eigenvalue weighted by Gasteiger charge is 2.12. The van der Waals surface area contributed by atoms with E-state index in [-0.39, 0.29) is 5.91 Å². The van der Waals surface area contributed by atoms with E-state index in [0.717, 1.165) is 22.8 Å². The molecule has 0 bridgehead atoms. The lowest BCUT2D eigenvalue weighted by atomic mass is 10.1. The van der Waals surface area contributed by atoms with Gasteiger partial charge in [-0.1, -0.05) is 18.2 Å². The van der Waals surface area contributed by atoms with Crippen LogP contribution in [-0.2, 0) is 20.9 Å². The second-order valence-electron chi connectivity index (χ2n) is 4.18. The fourth-order valence-corrected chi connectivity index (χ4v) is 1.83. The maximum Gasteiger partial charge on any atom is 0.241 e. The number of amides is 1. The molecule has 0 aliphatic carbocycles. The fourth-order valence-electron chi connectivity index (χ4n) is 1.83. The summed E-state index contributed by atoms with van der Waals surface area (Å²) < 4.78 is 0. The summed E-state index contributed by atoms with van der Waals surface area (Å²) in [5.74, 6) is -0.343. The molecular formula is C13H15N3O3. The number of hydroxylamine groups is 2. The molecule has 6 heteroatoms. The van der Waals surface area contributed by atoms with E-state index < -0.39 is 6.04 Å². The Kier molecular flexibility index (Phi) is 4.27. The van der Waals surface area contributed by atoms with E-state index >= 15 is 0 Å². The number of fused-ring (bicyclic) bond motifs is 1. The summed E-state index contributed by atoms with van der Waals surface area (Å²) >= 11 is 0. The lowest BCUT2D eigenvalue weighted by Gasteiger charge is -2.11. The van der Waals surface area contributed by atoms with Crippen LogP contribution in [0.2, 0.25) is 0 Å². The predicted molar refractivity (Wildman–Crippen MR) is 69.9 cm³/mol. The Morgan fingerprint density at radius 2 is 2.26 bits per heavy atom. The Hall–Kier alpha value is -2.18. The Morgan fingerprint density at radius 1 is 1.47 bits per heavy atom. The van der Waals surface area contributed by atoms with Crippen molar-refractivity contribution in [1.29, 1.82) is 0 Å². The van der Waals surface area contributed by atoms with Gasteiger partial charge in [0.2, 0.25) is 5.91 Å². The molecule has 1 amide bonds. The number of H-pyrrole nitrogens is 1. The van der Waals surface area contributed by atoms with Crippen LogP contribution in [0.15, 0.2) is 30.5 Å². The first-order chi connectivity index (χ1) is 9.20. The summed E-state index contributed by atoms with van der Waals surface area (Å²) in [5, 5.41) is 1.07. The second kappa shape index (κ2) is 6.12. The molecule has 0 aliphatic heterocycles. The number of aromatic nitrogens is 1. The zero-order chi connectivity index (χ0) is 13.7. The van der Waals surface area contributed by atoms with E-state index in [9.17, 15) is 9.59 Å². The number of nitrogens with one attached hydrogen (secondary N) is 3. The molecule has 0 radical (unpaired) electrons. The van der Waals surface area contributed by atoms with Crippen LogP contribution >= 0.6 is 0 Å². The molecule has 1 aromatic heterocycles. The minimum Gasteiger partial charge on any atom is -0.361 e. The highest BCUT2D eigenvalue weighted by atomic mass is 16.8. The monoisotopic (exact) mass is 261 g/mol. The number of aldehydes is 1. The van der Waals surface area contributed by atoms with E-state index in [1.807, 2.05) is 30.5 Å². The van der Waals surface area contributed by atoms with E-state index in [2.05, 4.69) is 15.9 Å². The van der Waals surface area contributed by atoms with Crippen molar-refractivity contribution in [1.82, 2.24) is 15.9 Å². The average molecular weight is 261 g/mol. The zero-order valence-electron chi connectivity index (χ0n) is 10.5. The third-order valence-corrected chi connectivity index (χ3v) is 2.68. The first kappa shape index (κ1) is 13.3. The van der Waals surface area contributed by atoms with Gasteiger partial charge in [0.15, 0.2) is 0 Å². The first-order valence-electron chi connectivity index (χ1n) is 5.89. The van der Waals surface area contributed by atoms with Crippen molar-refractivity contribution in [2.45, 2.75) is 19.4 Å². The number of rotatable bonds is 6. The minimum absolute atomic E-state index is 0.343. The Balaban J connectivity index is 2.01. The van der Waals surface area contributed by atoms with E-state index in [1.165, 1.54) is 6.92 Å². The van der Waals surface area contributed by atoms with Crippen molar-refractivity contribution in [2.24, 2.45) is 0 Å². The third kappa shape index (κ3) is 3.40. The molecule has 19 heavy (non-hydrogen) atoms. The molecule has 1 atom stereocenters. The molecule has 0 spiro atoms. The summed E-state index contributed by atoms with van der Waals surface area (Å²) in [6.07, 6.45) is 3.07. The number of carbonyl (C=O) groups excluding carboxylic acids is 2. The van der Waals surface area contributed by atoms with E-state index in [1.54, 1.807) is 0 Å². The summed E-state index contributed by atoms with van der Waals surface area (Å²) in [7, 11) is 0. The standard InChI is InChI=1S/C13H15N3O3/c1-9(18)15-19-16-11(8-17)6-10-7-14-13-5-3-2-4-12(10)13/h2-5,7-8,11,14,16H,6H2,1H3,(H,15,18)/t11-/m0/s1. The van der Waals surface area contributed by atoms with E-state index in [4.69, 9.17) is 4.94 Å². The van der Waals surface area contributed by atoms with Gasteiger partial charge >= 0.3 is 0 Å². The molecular weight excluding hydrogens is 246 g/mol. The minimum atomic E-state index is -0.536. The van der Waals surface area contributed by atoms with Crippen LogP contribution in [0.1, 0.15) is 12.5 Å². The number of hydrogen-bond donors (Lipinski definition) is 3. The number of carbonyl (C=O) groups is 2. The third-order valence-electron chi connectivity index (χ3n) is 2.68. The van der Waals surface area contributed by atoms with Crippen LogP contribution in [0.5, 0.6) is 0 Å². The number of hydrogen-bond acceptors (Lipinski definition) is 4. The molecule has 1 heterocycles. The van der Waals surface area contributed by atoms with Crippen molar-refractivity contribution >= 4 is 23.1 Å². The van der Waals surface area contributed by atoms with Gasteiger partial charge in [-0.3, -0.25) is 4.79 Å². The van der Waals surface area contributed by atoms with Gasteiger partial charge in [0.1, 0.15) is 6.29 Å². The Bertz CT molecular complexity index is 579. The van der Waals surface area contributed by atoms with Crippen molar-refractivity contribution in [3.05, 3.63) is 36.0 Å². The molecule has 2 aromatic rings.